The van der Waals surface area contributed by atoms with Crippen molar-refractivity contribution in [1.29, 1.82) is 5.26 Å². The fourth-order valence-corrected chi connectivity index (χ4v) is 1.49. The fraction of sp³-hybridized carbons (Fsp3) is 0.727. The summed E-state index contributed by atoms with van der Waals surface area (Å²) in [7, 11) is 0. The summed E-state index contributed by atoms with van der Waals surface area (Å²) in [6, 6.07) is 1.85. The van der Waals surface area contributed by atoms with Crippen molar-refractivity contribution in [3.63, 3.8) is 0 Å². The minimum atomic E-state index is -1.41. The second-order valence-electron chi connectivity index (χ2n) is 4.90. The zero-order valence-electron chi connectivity index (χ0n) is 10.2. The molecule has 0 saturated carbocycles. The molecule has 0 unspecified atom stereocenters. The van der Waals surface area contributed by atoms with Crippen molar-refractivity contribution >= 4 is 12.1 Å². The molecule has 0 aromatic rings. The number of carbonyl (C=O) groups is 2. The van der Waals surface area contributed by atoms with Crippen LogP contribution >= 0.6 is 0 Å². The van der Waals surface area contributed by atoms with Crippen molar-refractivity contribution in [2.75, 3.05) is 6.54 Å². The van der Waals surface area contributed by atoms with Gasteiger partial charge in [-0.2, -0.15) is 5.26 Å². The second-order valence-corrected chi connectivity index (χ2v) is 4.90. The smallest absolute Gasteiger partial charge is 0.428 e. The number of rotatable bonds is 1. The van der Waals surface area contributed by atoms with E-state index >= 15 is 0 Å². The van der Waals surface area contributed by atoms with Crippen LogP contribution in [0, 0.1) is 11.3 Å². The number of nitriles is 1. The highest BCUT2D eigenvalue weighted by Crippen LogP contribution is 2.20. The minimum absolute atomic E-state index is 0.338. The second kappa shape index (κ2) is 4.72. The molecule has 1 rings (SSSR count). The Morgan fingerprint density at radius 1 is 1.41 bits per heavy atom. The summed E-state index contributed by atoms with van der Waals surface area (Å²) in [5.74, 6) is -0.897. The number of hydrogen-bond donors (Lipinski definition) is 1. The van der Waals surface area contributed by atoms with Gasteiger partial charge in [-0.15, -0.1) is 0 Å². The third-order valence-corrected chi connectivity index (χ3v) is 2.26. The van der Waals surface area contributed by atoms with Crippen LogP contribution in [0.2, 0.25) is 0 Å². The van der Waals surface area contributed by atoms with Gasteiger partial charge in [-0.3, -0.25) is 5.32 Å². The zero-order chi connectivity index (χ0) is 13.1. The Bertz CT molecular complexity index is 359. The number of esters is 1. The maximum atomic E-state index is 11.7. The van der Waals surface area contributed by atoms with E-state index in [1.807, 2.05) is 6.07 Å². The molecule has 1 atom stereocenters. The molecule has 0 spiro atoms. The molecule has 1 fully saturated rings. The lowest BCUT2D eigenvalue weighted by molar-refractivity contribution is -0.146. The number of nitrogens with one attached hydrogen (secondary N) is 1. The van der Waals surface area contributed by atoms with Crippen LogP contribution in [0.25, 0.3) is 0 Å². The van der Waals surface area contributed by atoms with Crippen LogP contribution in [0.1, 0.15) is 33.6 Å². The minimum Gasteiger partial charge on any atom is -0.428 e. The Kier molecular flexibility index (Phi) is 3.73. The first-order valence-corrected chi connectivity index (χ1v) is 5.41. The van der Waals surface area contributed by atoms with Crippen molar-refractivity contribution in [2.24, 2.45) is 0 Å². The average Bonchev–Trinajstić information content (AvgIpc) is 2.63. The lowest BCUT2D eigenvalue weighted by Crippen LogP contribution is -2.48. The standard InChI is InChI=1S/C11H16N2O4/c1-10(2,3)17-9(15)16-8(14)11(7-12)5-4-6-13-11/h13H,4-6H2,1-3H3/t11-/m0/s1. The van der Waals surface area contributed by atoms with Gasteiger partial charge in [0, 0.05) is 0 Å². The van der Waals surface area contributed by atoms with E-state index in [2.05, 4.69) is 10.1 Å². The summed E-state index contributed by atoms with van der Waals surface area (Å²) < 4.78 is 9.36. The van der Waals surface area contributed by atoms with Gasteiger partial charge in [-0.05, 0) is 40.2 Å². The molecule has 0 aromatic carbocycles. The summed E-state index contributed by atoms with van der Waals surface area (Å²) in [6.45, 7) is 5.53. The Labute approximate surface area is 99.9 Å². The van der Waals surface area contributed by atoms with Crippen LogP contribution in [-0.2, 0) is 14.3 Å². The van der Waals surface area contributed by atoms with Gasteiger partial charge in [0.05, 0.1) is 6.07 Å². The van der Waals surface area contributed by atoms with Gasteiger partial charge in [-0.1, -0.05) is 0 Å². The normalized spacial score (nSPS) is 23.9. The van der Waals surface area contributed by atoms with Crippen LogP contribution in [0.4, 0.5) is 4.79 Å². The summed E-state index contributed by atoms with van der Waals surface area (Å²) in [5.41, 5.74) is -2.14. The van der Waals surface area contributed by atoms with Crippen LogP contribution in [0.15, 0.2) is 0 Å². The molecule has 1 N–H and O–H groups in total. The number of ether oxygens (including phenoxy) is 2. The maximum Gasteiger partial charge on any atom is 0.516 e. The third kappa shape index (κ3) is 3.43. The van der Waals surface area contributed by atoms with E-state index < -0.39 is 23.3 Å². The lowest BCUT2D eigenvalue weighted by atomic mass is 10.0. The highest BCUT2D eigenvalue weighted by atomic mass is 16.7. The van der Waals surface area contributed by atoms with Crippen LogP contribution in [0.3, 0.4) is 0 Å². The summed E-state index contributed by atoms with van der Waals surface area (Å²) in [4.78, 5) is 23.0. The van der Waals surface area contributed by atoms with Crippen LogP contribution < -0.4 is 5.32 Å². The van der Waals surface area contributed by atoms with E-state index in [-0.39, 0.29) is 0 Å². The molecule has 0 amide bonds. The predicted molar refractivity (Wildman–Crippen MR) is 57.9 cm³/mol. The zero-order valence-corrected chi connectivity index (χ0v) is 10.2. The topological polar surface area (TPSA) is 88.4 Å². The number of nitrogens with zero attached hydrogens (tertiary/aromatic N) is 1. The quantitative estimate of drug-likeness (QED) is 0.545. The summed E-state index contributed by atoms with van der Waals surface area (Å²) >= 11 is 0. The molecule has 94 valence electrons. The SMILES string of the molecule is CC(C)(C)OC(=O)OC(=O)[C@@]1(C#N)CCCN1. The van der Waals surface area contributed by atoms with Crippen molar-refractivity contribution in [2.45, 2.75) is 44.8 Å². The first kappa shape index (κ1) is 13.5. The van der Waals surface area contributed by atoms with E-state index in [0.717, 1.165) is 0 Å². The Hall–Kier alpha value is -1.61. The molecule has 0 bridgehead atoms. The largest absolute Gasteiger partial charge is 0.516 e. The third-order valence-electron chi connectivity index (χ3n) is 2.26. The molecule has 0 aliphatic carbocycles. The van der Waals surface area contributed by atoms with E-state index in [1.165, 1.54) is 0 Å². The molecule has 0 aromatic heterocycles. The predicted octanol–water partition coefficient (Wildman–Crippen LogP) is 1.11. The van der Waals surface area contributed by atoms with Gasteiger partial charge in [0.15, 0.2) is 0 Å². The van der Waals surface area contributed by atoms with E-state index in [0.29, 0.717) is 19.4 Å². The fourth-order valence-electron chi connectivity index (χ4n) is 1.49. The van der Waals surface area contributed by atoms with E-state index in [9.17, 15) is 9.59 Å². The highest BCUT2D eigenvalue weighted by molar-refractivity contribution is 5.91. The molecular formula is C11H16N2O4. The molecule has 1 aliphatic rings. The van der Waals surface area contributed by atoms with Crippen molar-refractivity contribution in [3.8, 4) is 6.07 Å². The Balaban J connectivity index is 2.60. The highest BCUT2D eigenvalue weighted by Gasteiger charge is 2.44. The average molecular weight is 240 g/mol. The molecule has 6 heteroatoms. The van der Waals surface area contributed by atoms with E-state index in [1.54, 1.807) is 20.8 Å². The van der Waals surface area contributed by atoms with Crippen molar-refractivity contribution in [1.82, 2.24) is 5.32 Å². The summed E-state index contributed by atoms with van der Waals surface area (Å²) in [6.07, 6.45) is -0.0481. The van der Waals surface area contributed by atoms with E-state index in [4.69, 9.17) is 10.00 Å². The summed E-state index contributed by atoms with van der Waals surface area (Å²) in [5, 5.41) is 11.7. The molecule has 17 heavy (non-hydrogen) atoms. The van der Waals surface area contributed by atoms with Gasteiger partial charge in [0.1, 0.15) is 5.60 Å². The Morgan fingerprint density at radius 2 is 2.06 bits per heavy atom. The van der Waals surface area contributed by atoms with Gasteiger partial charge in [0.25, 0.3) is 0 Å². The Morgan fingerprint density at radius 3 is 2.47 bits per heavy atom. The molecule has 0 radical (unpaired) electrons. The van der Waals surface area contributed by atoms with Gasteiger partial charge in [0.2, 0.25) is 5.54 Å². The van der Waals surface area contributed by atoms with Gasteiger partial charge >= 0.3 is 12.1 Å². The van der Waals surface area contributed by atoms with Gasteiger partial charge < -0.3 is 9.47 Å². The first-order valence-electron chi connectivity index (χ1n) is 5.41. The van der Waals surface area contributed by atoms with Gasteiger partial charge in [-0.25, -0.2) is 9.59 Å². The monoisotopic (exact) mass is 240 g/mol. The van der Waals surface area contributed by atoms with Crippen molar-refractivity contribution in [3.05, 3.63) is 0 Å². The van der Waals surface area contributed by atoms with Crippen molar-refractivity contribution < 1.29 is 19.1 Å². The van der Waals surface area contributed by atoms with Crippen LogP contribution in [0.5, 0.6) is 0 Å². The molecule has 6 nitrogen and oxygen atoms in total. The number of carbonyl (C=O) groups excluding carboxylic acids is 2. The maximum absolute atomic E-state index is 11.7. The lowest BCUT2D eigenvalue weighted by Gasteiger charge is -2.21. The number of hydrogen-bond acceptors (Lipinski definition) is 6. The molecule has 1 saturated heterocycles. The van der Waals surface area contributed by atoms with Crippen LogP contribution in [-0.4, -0.2) is 29.8 Å². The first-order chi connectivity index (χ1) is 7.79. The molecule has 1 aliphatic heterocycles. The molecular weight excluding hydrogens is 224 g/mol. The molecule has 1 heterocycles.